The third-order valence-electron chi connectivity index (χ3n) is 3.23. The number of β-amino-alcohol motifs (C(OH)–C–C–N with tert-alkyl or cyclic N) is 1. The summed E-state index contributed by atoms with van der Waals surface area (Å²) in [6.07, 6.45) is 4.97. The number of amides is 1. The number of nitrogens with one attached hydrogen (secondary N) is 2. The van der Waals surface area contributed by atoms with E-state index in [1.807, 2.05) is 0 Å². The number of carbonyl (C=O) groups excluding carboxylic acids is 1. The molecule has 2 atom stereocenters. The normalized spacial score (nSPS) is 20.4. The molecule has 2 aromatic heterocycles. The van der Waals surface area contributed by atoms with Crippen molar-refractivity contribution < 1.29 is 9.90 Å². The van der Waals surface area contributed by atoms with Crippen molar-refractivity contribution in [2.75, 3.05) is 11.9 Å². The lowest BCUT2D eigenvalue weighted by Gasteiger charge is -2.12. The van der Waals surface area contributed by atoms with Gasteiger partial charge in [-0.15, -0.1) is 24.8 Å². The van der Waals surface area contributed by atoms with Crippen molar-refractivity contribution >= 4 is 47.3 Å². The number of aliphatic hydroxyl groups is 1. The Hall–Kier alpha value is -1.47. The minimum atomic E-state index is -0.452. The first kappa shape index (κ1) is 17.6. The van der Waals surface area contributed by atoms with Crippen molar-refractivity contribution in [3.05, 3.63) is 30.7 Å². The SMILES string of the molecule is Cl.Cl.O=C(Nc1ccnc2ccncc12)C1CC(O)CN1. The van der Waals surface area contributed by atoms with Crippen molar-refractivity contribution in [2.24, 2.45) is 0 Å². The summed E-state index contributed by atoms with van der Waals surface area (Å²) in [5, 5.41) is 16.1. The summed E-state index contributed by atoms with van der Waals surface area (Å²) in [6, 6.07) is 3.19. The predicted octanol–water partition coefficient (Wildman–Crippen LogP) is 1.13. The van der Waals surface area contributed by atoms with Crippen LogP contribution in [-0.4, -0.2) is 39.7 Å². The molecule has 114 valence electrons. The van der Waals surface area contributed by atoms with Crippen molar-refractivity contribution in [3.63, 3.8) is 0 Å². The zero-order valence-electron chi connectivity index (χ0n) is 11.0. The molecule has 3 N–H and O–H groups in total. The Labute approximate surface area is 134 Å². The van der Waals surface area contributed by atoms with Gasteiger partial charge in [0.1, 0.15) is 0 Å². The van der Waals surface area contributed by atoms with E-state index in [0.717, 1.165) is 10.9 Å². The number of aromatic nitrogens is 2. The summed E-state index contributed by atoms with van der Waals surface area (Å²) in [6.45, 7) is 0.455. The molecule has 3 heterocycles. The fourth-order valence-corrected chi connectivity index (χ4v) is 2.23. The van der Waals surface area contributed by atoms with Crippen LogP contribution in [0.5, 0.6) is 0 Å². The highest BCUT2D eigenvalue weighted by molar-refractivity contribution is 6.02. The van der Waals surface area contributed by atoms with Crippen LogP contribution < -0.4 is 10.6 Å². The summed E-state index contributed by atoms with van der Waals surface area (Å²) < 4.78 is 0. The zero-order chi connectivity index (χ0) is 13.2. The molecule has 21 heavy (non-hydrogen) atoms. The third-order valence-corrected chi connectivity index (χ3v) is 3.23. The van der Waals surface area contributed by atoms with Crippen molar-refractivity contribution in [3.8, 4) is 0 Å². The summed E-state index contributed by atoms with van der Waals surface area (Å²) in [4.78, 5) is 20.3. The number of hydrogen-bond donors (Lipinski definition) is 3. The molecule has 1 fully saturated rings. The maximum Gasteiger partial charge on any atom is 0.241 e. The highest BCUT2D eigenvalue weighted by atomic mass is 35.5. The van der Waals surface area contributed by atoms with E-state index in [-0.39, 0.29) is 36.8 Å². The number of nitrogens with zero attached hydrogens (tertiary/aromatic N) is 2. The van der Waals surface area contributed by atoms with Gasteiger partial charge in [0.05, 0.1) is 23.3 Å². The highest BCUT2D eigenvalue weighted by Gasteiger charge is 2.28. The van der Waals surface area contributed by atoms with Crippen molar-refractivity contribution in [1.82, 2.24) is 15.3 Å². The van der Waals surface area contributed by atoms with Crippen LogP contribution in [0, 0.1) is 0 Å². The molecule has 0 aromatic carbocycles. The average molecular weight is 331 g/mol. The molecule has 3 rings (SSSR count). The molecule has 1 aliphatic heterocycles. The van der Waals surface area contributed by atoms with E-state index < -0.39 is 6.10 Å². The monoisotopic (exact) mass is 330 g/mol. The van der Waals surface area contributed by atoms with E-state index in [1.54, 1.807) is 30.7 Å². The molecule has 0 bridgehead atoms. The molecule has 1 saturated heterocycles. The Balaban J connectivity index is 0.00000110. The Morgan fingerprint density at radius 2 is 2.14 bits per heavy atom. The second kappa shape index (κ2) is 7.51. The maximum absolute atomic E-state index is 12.1. The zero-order valence-corrected chi connectivity index (χ0v) is 12.7. The van der Waals surface area contributed by atoms with Crippen LogP contribution in [0.15, 0.2) is 30.7 Å². The fraction of sp³-hybridized carbons (Fsp3) is 0.308. The van der Waals surface area contributed by atoms with Gasteiger partial charge in [-0.1, -0.05) is 0 Å². The van der Waals surface area contributed by atoms with Crippen molar-refractivity contribution in [2.45, 2.75) is 18.6 Å². The van der Waals surface area contributed by atoms with Crippen LogP contribution in [0.25, 0.3) is 10.9 Å². The third kappa shape index (κ3) is 3.79. The van der Waals surface area contributed by atoms with E-state index in [4.69, 9.17) is 0 Å². The molecular weight excluding hydrogens is 315 g/mol. The Kier molecular flexibility index (Phi) is 6.29. The molecule has 0 spiro atoms. The summed E-state index contributed by atoms with van der Waals surface area (Å²) in [7, 11) is 0. The Bertz CT molecular complexity index is 621. The molecule has 6 nitrogen and oxygen atoms in total. The topological polar surface area (TPSA) is 87.1 Å². The van der Waals surface area contributed by atoms with Gasteiger partial charge in [0, 0.05) is 30.5 Å². The summed E-state index contributed by atoms with van der Waals surface area (Å²) in [5.74, 6) is -0.145. The standard InChI is InChI=1S/C13H14N4O2.2ClH/c18-8-5-12(16-6-8)13(19)17-11-2-4-15-10-1-3-14-7-9(10)11;;/h1-4,7-8,12,16,18H,5-6H2,(H,15,17,19);2*1H. The molecule has 8 heteroatoms. The summed E-state index contributed by atoms with van der Waals surface area (Å²) in [5.41, 5.74) is 1.47. The number of carbonyl (C=O) groups is 1. The summed E-state index contributed by atoms with van der Waals surface area (Å²) >= 11 is 0. The largest absolute Gasteiger partial charge is 0.392 e. The molecule has 0 radical (unpaired) electrons. The van der Waals surface area contributed by atoms with E-state index in [0.29, 0.717) is 18.7 Å². The van der Waals surface area contributed by atoms with Gasteiger partial charge in [0.25, 0.3) is 0 Å². The number of aliphatic hydroxyl groups excluding tert-OH is 1. The fourth-order valence-electron chi connectivity index (χ4n) is 2.23. The van der Waals surface area contributed by atoms with Gasteiger partial charge in [-0.3, -0.25) is 14.8 Å². The van der Waals surface area contributed by atoms with Gasteiger partial charge in [0.2, 0.25) is 5.91 Å². The second-order valence-electron chi connectivity index (χ2n) is 4.59. The van der Waals surface area contributed by atoms with E-state index in [2.05, 4.69) is 20.6 Å². The number of pyridine rings is 2. The second-order valence-corrected chi connectivity index (χ2v) is 4.59. The number of anilines is 1. The molecule has 1 aliphatic rings. The van der Waals surface area contributed by atoms with Crippen LogP contribution in [0.2, 0.25) is 0 Å². The first-order valence-corrected chi connectivity index (χ1v) is 6.15. The van der Waals surface area contributed by atoms with Gasteiger partial charge >= 0.3 is 0 Å². The lowest BCUT2D eigenvalue weighted by atomic mass is 10.1. The van der Waals surface area contributed by atoms with Crippen LogP contribution in [-0.2, 0) is 4.79 Å². The smallest absolute Gasteiger partial charge is 0.241 e. The predicted molar refractivity (Wildman–Crippen MR) is 85.1 cm³/mol. The van der Waals surface area contributed by atoms with Crippen molar-refractivity contribution in [1.29, 1.82) is 0 Å². The van der Waals surface area contributed by atoms with Crippen LogP contribution in [0.3, 0.4) is 0 Å². The van der Waals surface area contributed by atoms with Gasteiger partial charge in [-0.2, -0.15) is 0 Å². The molecule has 0 aliphatic carbocycles. The number of fused-ring (bicyclic) bond motifs is 1. The van der Waals surface area contributed by atoms with E-state index >= 15 is 0 Å². The Morgan fingerprint density at radius 3 is 2.86 bits per heavy atom. The minimum Gasteiger partial charge on any atom is -0.392 e. The number of hydrogen-bond acceptors (Lipinski definition) is 5. The Morgan fingerprint density at radius 1 is 1.33 bits per heavy atom. The van der Waals surface area contributed by atoms with E-state index in [1.165, 1.54) is 0 Å². The molecular formula is C13H16Cl2N4O2. The van der Waals surface area contributed by atoms with Gasteiger partial charge < -0.3 is 15.7 Å². The van der Waals surface area contributed by atoms with Crippen LogP contribution in [0.1, 0.15) is 6.42 Å². The number of halogens is 2. The maximum atomic E-state index is 12.1. The van der Waals surface area contributed by atoms with Gasteiger partial charge in [0.15, 0.2) is 0 Å². The van der Waals surface area contributed by atoms with Gasteiger partial charge in [-0.25, -0.2) is 0 Å². The minimum absolute atomic E-state index is 0. The molecule has 2 unspecified atom stereocenters. The molecule has 0 saturated carbocycles. The molecule has 1 amide bonds. The van der Waals surface area contributed by atoms with E-state index in [9.17, 15) is 9.90 Å². The first-order valence-electron chi connectivity index (χ1n) is 6.15. The lowest BCUT2D eigenvalue weighted by molar-refractivity contribution is -0.117. The van der Waals surface area contributed by atoms with Gasteiger partial charge in [-0.05, 0) is 18.6 Å². The van der Waals surface area contributed by atoms with Crippen LogP contribution >= 0.6 is 24.8 Å². The highest BCUT2D eigenvalue weighted by Crippen LogP contribution is 2.20. The number of rotatable bonds is 2. The van der Waals surface area contributed by atoms with Crippen LogP contribution in [0.4, 0.5) is 5.69 Å². The first-order chi connectivity index (χ1) is 9.24. The average Bonchev–Trinajstić information content (AvgIpc) is 2.86. The molecule has 2 aromatic rings. The lowest BCUT2D eigenvalue weighted by Crippen LogP contribution is -2.35. The quantitative estimate of drug-likeness (QED) is 0.768.